The van der Waals surface area contributed by atoms with E-state index in [-0.39, 0.29) is 0 Å². The van der Waals surface area contributed by atoms with E-state index in [4.69, 9.17) is 5.11 Å². The smallest absolute Gasteiger partial charge is 0.295 e. The molecule has 0 amide bonds. The lowest BCUT2D eigenvalue weighted by molar-refractivity contribution is -0.0558. The van der Waals surface area contributed by atoms with Crippen molar-refractivity contribution >= 4 is 0 Å². The molecule has 0 heterocycles. The van der Waals surface area contributed by atoms with Crippen molar-refractivity contribution in [3.63, 3.8) is 0 Å². The molecule has 0 atom stereocenters. The first-order valence-corrected chi connectivity index (χ1v) is 3.22. The molecule has 0 unspecified atom stereocenters. The second-order valence-corrected chi connectivity index (χ2v) is 2.30. The number of hydrogen-bond acceptors (Lipinski definition) is 1. The zero-order valence-corrected chi connectivity index (χ0v) is 6.02. The fraction of sp³-hybridized carbons (Fsp3) is 0.250. The lowest BCUT2D eigenvalue weighted by atomic mass is 10.1. The number of halogens is 3. The highest BCUT2D eigenvalue weighted by Gasteiger charge is 2.30. The minimum atomic E-state index is -3.39. The minimum absolute atomic E-state index is 0.565. The summed E-state index contributed by atoms with van der Waals surface area (Å²) in [6, 6.07) is 4.76. The number of alkyl halides is 2. The maximum Gasteiger partial charge on any atom is 0.295 e. The molecule has 0 aliphatic carbocycles. The van der Waals surface area contributed by atoms with Crippen LogP contribution in [-0.2, 0) is 5.92 Å². The van der Waals surface area contributed by atoms with E-state index in [1.165, 1.54) is 0 Å². The van der Waals surface area contributed by atoms with Crippen molar-refractivity contribution in [1.29, 1.82) is 0 Å². The highest BCUT2D eigenvalue weighted by atomic mass is 19.3. The Morgan fingerprint density at radius 3 is 2.58 bits per heavy atom. The van der Waals surface area contributed by atoms with Gasteiger partial charge in [-0.3, -0.25) is 0 Å². The van der Waals surface area contributed by atoms with E-state index in [0.29, 0.717) is 6.07 Å². The Hall–Kier alpha value is -1.03. The van der Waals surface area contributed by atoms with Crippen molar-refractivity contribution in [2.75, 3.05) is 6.61 Å². The van der Waals surface area contributed by atoms with Gasteiger partial charge in [0.2, 0.25) is 0 Å². The summed E-state index contributed by atoms with van der Waals surface area (Å²) in [6.45, 7) is -1.33. The molecule has 1 nitrogen and oxygen atoms in total. The standard InChI is InChI=1S/C8H6F3O/c9-7-3-1-2-6(4-7)8(10,11)5-12/h2-4,12H,5H2. The van der Waals surface area contributed by atoms with Crippen LogP contribution in [0.3, 0.4) is 0 Å². The highest BCUT2D eigenvalue weighted by Crippen LogP contribution is 2.26. The van der Waals surface area contributed by atoms with Crippen molar-refractivity contribution in [2.24, 2.45) is 0 Å². The van der Waals surface area contributed by atoms with Crippen molar-refractivity contribution in [3.05, 3.63) is 35.6 Å². The van der Waals surface area contributed by atoms with Gasteiger partial charge in [-0.25, -0.2) is 4.39 Å². The molecule has 1 rings (SSSR count). The second-order valence-electron chi connectivity index (χ2n) is 2.30. The third-order valence-electron chi connectivity index (χ3n) is 1.37. The molecule has 1 aromatic rings. The van der Waals surface area contributed by atoms with E-state index < -0.39 is 23.9 Å². The first kappa shape index (κ1) is 9.06. The monoisotopic (exact) mass is 175 g/mol. The van der Waals surface area contributed by atoms with E-state index in [2.05, 4.69) is 6.07 Å². The molecule has 0 spiro atoms. The van der Waals surface area contributed by atoms with Crippen LogP contribution in [0, 0.1) is 11.9 Å². The lowest BCUT2D eigenvalue weighted by Crippen LogP contribution is -2.18. The second kappa shape index (κ2) is 3.15. The van der Waals surface area contributed by atoms with Gasteiger partial charge < -0.3 is 5.11 Å². The molecule has 1 aromatic carbocycles. The van der Waals surface area contributed by atoms with E-state index in [1.54, 1.807) is 0 Å². The zero-order valence-electron chi connectivity index (χ0n) is 6.02. The molecule has 12 heavy (non-hydrogen) atoms. The van der Waals surface area contributed by atoms with Crippen LogP contribution in [-0.4, -0.2) is 11.7 Å². The van der Waals surface area contributed by atoms with Crippen LogP contribution >= 0.6 is 0 Å². The highest BCUT2D eigenvalue weighted by molar-refractivity contribution is 5.20. The number of aliphatic hydroxyl groups is 1. The topological polar surface area (TPSA) is 20.2 Å². The maximum absolute atomic E-state index is 12.6. The SMILES string of the molecule is OCC(F)(F)c1c[c]cc(F)c1. The van der Waals surface area contributed by atoms with Crippen molar-refractivity contribution in [1.82, 2.24) is 0 Å². The van der Waals surface area contributed by atoms with Gasteiger partial charge in [0.05, 0.1) is 0 Å². The Balaban J connectivity index is 3.03. The summed E-state index contributed by atoms with van der Waals surface area (Å²) in [6.07, 6.45) is 0. The van der Waals surface area contributed by atoms with Crippen LogP contribution < -0.4 is 0 Å². The third kappa shape index (κ3) is 1.76. The summed E-state index contributed by atoms with van der Waals surface area (Å²) in [5, 5.41) is 8.25. The molecule has 1 N–H and O–H groups in total. The fourth-order valence-corrected chi connectivity index (χ4v) is 0.745. The van der Waals surface area contributed by atoms with Gasteiger partial charge in [-0.05, 0) is 24.3 Å². The average Bonchev–Trinajstić information content (AvgIpc) is 2.05. The maximum atomic E-state index is 12.6. The van der Waals surface area contributed by atoms with Crippen LogP contribution in [0.25, 0.3) is 0 Å². The van der Waals surface area contributed by atoms with Crippen LogP contribution in [0.15, 0.2) is 18.2 Å². The van der Waals surface area contributed by atoms with Crippen LogP contribution in [0.1, 0.15) is 5.56 Å². The van der Waals surface area contributed by atoms with Gasteiger partial charge >= 0.3 is 0 Å². The summed E-state index contributed by atoms with van der Waals surface area (Å²) >= 11 is 0. The summed E-state index contributed by atoms with van der Waals surface area (Å²) in [5.41, 5.74) is -0.565. The summed E-state index contributed by atoms with van der Waals surface area (Å²) < 4.78 is 37.6. The van der Waals surface area contributed by atoms with E-state index in [0.717, 1.165) is 12.1 Å². The van der Waals surface area contributed by atoms with Crippen molar-refractivity contribution in [3.8, 4) is 0 Å². The molecule has 0 aliphatic rings. The molecule has 1 radical (unpaired) electrons. The largest absolute Gasteiger partial charge is 0.390 e. The Morgan fingerprint density at radius 2 is 2.08 bits per heavy atom. The third-order valence-corrected chi connectivity index (χ3v) is 1.37. The molecular weight excluding hydrogens is 169 g/mol. The number of hydrogen-bond donors (Lipinski definition) is 1. The van der Waals surface area contributed by atoms with Crippen LogP contribution in [0.2, 0.25) is 0 Å². The minimum Gasteiger partial charge on any atom is -0.390 e. The van der Waals surface area contributed by atoms with Gasteiger partial charge in [-0.1, -0.05) is 0 Å². The van der Waals surface area contributed by atoms with E-state index in [9.17, 15) is 13.2 Å². The molecule has 0 fully saturated rings. The van der Waals surface area contributed by atoms with Crippen LogP contribution in [0.5, 0.6) is 0 Å². The van der Waals surface area contributed by atoms with Crippen molar-refractivity contribution < 1.29 is 18.3 Å². The zero-order chi connectivity index (χ0) is 9.19. The molecule has 0 saturated heterocycles. The number of benzene rings is 1. The Morgan fingerprint density at radius 1 is 1.42 bits per heavy atom. The average molecular weight is 175 g/mol. The molecule has 0 saturated carbocycles. The van der Waals surface area contributed by atoms with Crippen molar-refractivity contribution in [2.45, 2.75) is 5.92 Å². The summed E-state index contributed by atoms with van der Waals surface area (Å²) in [7, 11) is 0. The molecule has 65 valence electrons. The quantitative estimate of drug-likeness (QED) is 0.725. The number of rotatable bonds is 2. The van der Waals surface area contributed by atoms with Gasteiger partial charge in [-0.15, -0.1) is 0 Å². The first-order valence-electron chi connectivity index (χ1n) is 3.22. The van der Waals surface area contributed by atoms with Gasteiger partial charge in [0.15, 0.2) is 0 Å². The lowest BCUT2D eigenvalue weighted by Gasteiger charge is -2.12. The predicted octanol–water partition coefficient (Wildman–Crippen LogP) is 1.71. The normalized spacial score (nSPS) is 11.7. The predicted molar refractivity (Wildman–Crippen MR) is 36.2 cm³/mol. The Kier molecular flexibility index (Phi) is 2.38. The first-order chi connectivity index (χ1) is 5.56. The van der Waals surface area contributed by atoms with Crippen LogP contribution in [0.4, 0.5) is 13.2 Å². The van der Waals surface area contributed by atoms with Gasteiger partial charge in [0, 0.05) is 5.56 Å². The molecule has 0 aromatic heterocycles. The fourth-order valence-electron chi connectivity index (χ4n) is 0.745. The Labute approximate surface area is 67.5 Å². The van der Waals surface area contributed by atoms with E-state index in [1.807, 2.05) is 0 Å². The van der Waals surface area contributed by atoms with Gasteiger partial charge in [-0.2, -0.15) is 8.78 Å². The van der Waals surface area contributed by atoms with E-state index >= 15 is 0 Å². The molecular formula is C8H6F3O. The summed E-state index contributed by atoms with van der Waals surface area (Å²) in [4.78, 5) is 0. The Bertz CT molecular complexity index is 273. The van der Waals surface area contributed by atoms with Gasteiger partial charge in [0.1, 0.15) is 12.4 Å². The molecule has 0 bridgehead atoms. The molecule has 0 aliphatic heterocycles. The van der Waals surface area contributed by atoms with Gasteiger partial charge in [0.25, 0.3) is 5.92 Å². The summed E-state index contributed by atoms with van der Waals surface area (Å²) in [5.74, 6) is -4.18. The molecule has 4 heteroatoms. The number of aliphatic hydroxyl groups excluding tert-OH is 1.